The molecule has 1 fully saturated rings. The van der Waals surface area contributed by atoms with Crippen LogP contribution in [0.5, 0.6) is 0 Å². The van der Waals surface area contributed by atoms with Gasteiger partial charge in [0.25, 0.3) is 0 Å². The first kappa shape index (κ1) is 14.9. The van der Waals surface area contributed by atoms with E-state index in [-0.39, 0.29) is 5.91 Å². The van der Waals surface area contributed by atoms with Gasteiger partial charge in [-0.3, -0.25) is 4.79 Å². The SMILES string of the molecule is N#Cc1ccnc(N2CCN(C(=O)/C=C/c3ccco3)CC2)c1. The van der Waals surface area contributed by atoms with E-state index in [2.05, 4.69) is 16.0 Å². The Balaban J connectivity index is 1.57. The van der Waals surface area contributed by atoms with E-state index in [1.165, 1.54) is 6.08 Å². The van der Waals surface area contributed by atoms with E-state index in [4.69, 9.17) is 9.68 Å². The first-order valence-corrected chi connectivity index (χ1v) is 7.38. The average Bonchev–Trinajstić information content (AvgIpc) is 3.13. The van der Waals surface area contributed by atoms with Crippen LogP contribution in [-0.2, 0) is 4.79 Å². The number of nitrogens with zero attached hydrogens (tertiary/aromatic N) is 4. The molecule has 0 aliphatic carbocycles. The molecule has 1 saturated heterocycles. The van der Waals surface area contributed by atoms with Crippen LogP contribution < -0.4 is 4.90 Å². The summed E-state index contributed by atoms with van der Waals surface area (Å²) in [6, 6.07) is 9.15. The van der Waals surface area contributed by atoms with Crippen molar-refractivity contribution in [2.45, 2.75) is 0 Å². The highest BCUT2D eigenvalue weighted by atomic mass is 16.3. The fourth-order valence-corrected chi connectivity index (χ4v) is 2.46. The molecular formula is C17H16N4O2. The number of furan rings is 1. The molecule has 0 spiro atoms. The van der Waals surface area contributed by atoms with E-state index in [0.717, 1.165) is 5.82 Å². The summed E-state index contributed by atoms with van der Waals surface area (Å²) in [5.41, 5.74) is 0.592. The standard InChI is InChI=1S/C17H16N4O2/c18-13-14-5-6-19-16(12-14)20-7-9-21(10-8-20)17(22)4-3-15-2-1-11-23-15/h1-6,11-12H,7-10H2/b4-3+. The van der Waals surface area contributed by atoms with Gasteiger partial charge in [0.1, 0.15) is 11.6 Å². The van der Waals surface area contributed by atoms with E-state index in [1.54, 1.807) is 47.7 Å². The fraction of sp³-hybridized carbons (Fsp3) is 0.235. The number of rotatable bonds is 3. The van der Waals surface area contributed by atoms with Crippen molar-refractivity contribution in [1.82, 2.24) is 9.88 Å². The third-order valence-corrected chi connectivity index (χ3v) is 3.72. The molecule has 116 valence electrons. The van der Waals surface area contributed by atoms with Gasteiger partial charge in [-0.05, 0) is 30.3 Å². The van der Waals surface area contributed by atoms with Crippen LogP contribution in [0.3, 0.4) is 0 Å². The summed E-state index contributed by atoms with van der Waals surface area (Å²) in [6.45, 7) is 2.64. The minimum absolute atomic E-state index is 0.0280. The van der Waals surface area contributed by atoms with Crippen molar-refractivity contribution in [1.29, 1.82) is 5.26 Å². The number of aromatic nitrogens is 1. The van der Waals surface area contributed by atoms with Crippen LogP contribution in [0.25, 0.3) is 6.08 Å². The van der Waals surface area contributed by atoms with Crippen LogP contribution in [0.1, 0.15) is 11.3 Å². The van der Waals surface area contributed by atoms with Gasteiger partial charge in [-0.25, -0.2) is 4.98 Å². The molecule has 2 aromatic heterocycles. The Morgan fingerprint density at radius 1 is 1.30 bits per heavy atom. The van der Waals surface area contributed by atoms with E-state index < -0.39 is 0 Å². The molecule has 23 heavy (non-hydrogen) atoms. The molecule has 3 heterocycles. The summed E-state index contributed by atoms with van der Waals surface area (Å²) in [6.07, 6.45) is 6.42. The number of nitriles is 1. The number of carbonyl (C=O) groups is 1. The number of piperazine rings is 1. The number of carbonyl (C=O) groups excluding carboxylic acids is 1. The third-order valence-electron chi connectivity index (χ3n) is 3.72. The molecule has 0 unspecified atom stereocenters. The Kier molecular flexibility index (Phi) is 4.39. The molecule has 1 aliphatic rings. The zero-order valence-corrected chi connectivity index (χ0v) is 12.6. The molecule has 3 rings (SSSR count). The molecule has 0 N–H and O–H groups in total. The highest BCUT2D eigenvalue weighted by Gasteiger charge is 2.20. The minimum atomic E-state index is -0.0280. The highest BCUT2D eigenvalue weighted by Crippen LogP contribution is 2.15. The Labute approximate surface area is 134 Å². The Morgan fingerprint density at radius 2 is 2.13 bits per heavy atom. The second-order valence-corrected chi connectivity index (χ2v) is 5.18. The van der Waals surface area contributed by atoms with Crippen LogP contribution >= 0.6 is 0 Å². The van der Waals surface area contributed by atoms with E-state index in [9.17, 15) is 4.79 Å². The van der Waals surface area contributed by atoms with Crippen LogP contribution in [-0.4, -0.2) is 42.0 Å². The molecule has 0 aromatic carbocycles. The van der Waals surface area contributed by atoms with Gasteiger partial charge in [0, 0.05) is 38.5 Å². The van der Waals surface area contributed by atoms with Crippen molar-refractivity contribution >= 4 is 17.8 Å². The molecule has 0 bridgehead atoms. The lowest BCUT2D eigenvalue weighted by molar-refractivity contribution is -0.126. The van der Waals surface area contributed by atoms with E-state index in [0.29, 0.717) is 37.5 Å². The second kappa shape index (κ2) is 6.79. The first-order chi connectivity index (χ1) is 11.3. The molecule has 1 amide bonds. The average molecular weight is 308 g/mol. The monoisotopic (exact) mass is 308 g/mol. The Morgan fingerprint density at radius 3 is 2.83 bits per heavy atom. The summed E-state index contributed by atoms with van der Waals surface area (Å²) in [5, 5.41) is 8.95. The predicted molar refractivity (Wildman–Crippen MR) is 85.5 cm³/mol. The van der Waals surface area contributed by atoms with Gasteiger partial charge in [0.05, 0.1) is 17.9 Å². The number of hydrogen-bond acceptors (Lipinski definition) is 5. The number of pyridine rings is 1. The molecule has 0 radical (unpaired) electrons. The van der Waals surface area contributed by atoms with Crippen molar-refractivity contribution in [3.05, 3.63) is 54.1 Å². The van der Waals surface area contributed by atoms with Crippen LogP contribution in [0.2, 0.25) is 0 Å². The Hall–Kier alpha value is -3.07. The lowest BCUT2D eigenvalue weighted by atomic mass is 10.2. The van der Waals surface area contributed by atoms with Gasteiger partial charge >= 0.3 is 0 Å². The van der Waals surface area contributed by atoms with Crippen molar-refractivity contribution in [2.24, 2.45) is 0 Å². The van der Waals surface area contributed by atoms with Crippen LogP contribution in [0, 0.1) is 11.3 Å². The van der Waals surface area contributed by atoms with Crippen molar-refractivity contribution in [2.75, 3.05) is 31.1 Å². The van der Waals surface area contributed by atoms with E-state index in [1.807, 2.05) is 0 Å². The summed E-state index contributed by atoms with van der Waals surface area (Å²) < 4.78 is 5.17. The topological polar surface area (TPSA) is 73.4 Å². The van der Waals surface area contributed by atoms with Crippen molar-refractivity contribution < 1.29 is 9.21 Å². The molecule has 1 aliphatic heterocycles. The normalized spacial score (nSPS) is 14.9. The second-order valence-electron chi connectivity index (χ2n) is 5.18. The largest absolute Gasteiger partial charge is 0.465 e. The van der Waals surface area contributed by atoms with Gasteiger partial charge in [0.15, 0.2) is 0 Å². The predicted octanol–water partition coefficient (Wildman–Crippen LogP) is 1.91. The molecule has 0 saturated carbocycles. The number of hydrogen-bond donors (Lipinski definition) is 0. The molecule has 0 atom stereocenters. The van der Waals surface area contributed by atoms with Crippen LogP contribution in [0.4, 0.5) is 5.82 Å². The third kappa shape index (κ3) is 3.58. The summed E-state index contributed by atoms with van der Waals surface area (Å²) in [7, 11) is 0. The zero-order valence-electron chi connectivity index (χ0n) is 12.6. The maximum atomic E-state index is 12.2. The van der Waals surface area contributed by atoms with Gasteiger partial charge in [-0.2, -0.15) is 5.26 Å². The summed E-state index contributed by atoms with van der Waals surface area (Å²) in [4.78, 5) is 20.3. The maximum absolute atomic E-state index is 12.2. The van der Waals surface area contributed by atoms with E-state index >= 15 is 0 Å². The summed E-state index contributed by atoms with van der Waals surface area (Å²) >= 11 is 0. The minimum Gasteiger partial charge on any atom is -0.465 e. The van der Waals surface area contributed by atoms with Crippen molar-refractivity contribution in [3.8, 4) is 6.07 Å². The van der Waals surface area contributed by atoms with Gasteiger partial charge in [-0.1, -0.05) is 0 Å². The lowest BCUT2D eigenvalue weighted by Gasteiger charge is -2.34. The molecular weight excluding hydrogens is 292 g/mol. The van der Waals surface area contributed by atoms with Gasteiger partial charge < -0.3 is 14.2 Å². The molecule has 6 heteroatoms. The fourth-order valence-electron chi connectivity index (χ4n) is 2.46. The lowest BCUT2D eigenvalue weighted by Crippen LogP contribution is -2.48. The number of anilines is 1. The zero-order chi connectivity index (χ0) is 16.1. The quantitative estimate of drug-likeness (QED) is 0.810. The highest BCUT2D eigenvalue weighted by molar-refractivity contribution is 5.91. The van der Waals surface area contributed by atoms with Gasteiger partial charge in [0.2, 0.25) is 5.91 Å². The first-order valence-electron chi connectivity index (χ1n) is 7.38. The van der Waals surface area contributed by atoms with Gasteiger partial charge in [-0.15, -0.1) is 0 Å². The molecule has 2 aromatic rings. The van der Waals surface area contributed by atoms with Crippen LogP contribution in [0.15, 0.2) is 47.2 Å². The smallest absolute Gasteiger partial charge is 0.246 e. The Bertz CT molecular complexity index is 738. The number of amides is 1. The molecule has 6 nitrogen and oxygen atoms in total. The maximum Gasteiger partial charge on any atom is 0.246 e. The summed E-state index contributed by atoms with van der Waals surface area (Å²) in [5.74, 6) is 1.41. The van der Waals surface area contributed by atoms with Crippen molar-refractivity contribution in [3.63, 3.8) is 0 Å².